The zero-order valence-corrected chi connectivity index (χ0v) is 12.1. The number of nitrogen functional groups attached to an aromatic ring is 1. The minimum Gasteiger partial charge on any atom is -0.497 e. The monoisotopic (exact) mass is 282 g/mol. The lowest BCUT2D eigenvalue weighted by Gasteiger charge is -2.08. The number of ether oxygens (including phenoxy) is 1. The third kappa shape index (κ3) is 4.11. The molecule has 0 aliphatic heterocycles. The molecule has 0 unspecified atom stereocenters. The SMILES string of the molecule is COc1ccc(NC(=O)/C=C/c2cccc(N)c2)c(C)c1. The summed E-state index contributed by atoms with van der Waals surface area (Å²) in [7, 11) is 1.61. The summed E-state index contributed by atoms with van der Waals surface area (Å²) < 4.78 is 5.13. The molecule has 2 aromatic rings. The van der Waals surface area contributed by atoms with Gasteiger partial charge in [0.05, 0.1) is 7.11 Å². The number of nitrogens with one attached hydrogen (secondary N) is 1. The predicted octanol–water partition coefficient (Wildman–Crippen LogP) is 3.24. The van der Waals surface area contributed by atoms with E-state index in [1.807, 2.05) is 43.3 Å². The van der Waals surface area contributed by atoms with Crippen molar-refractivity contribution in [2.75, 3.05) is 18.2 Å². The van der Waals surface area contributed by atoms with E-state index in [0.29, 0.717) is 5.69 Å². The number of benzene rings is 2. The molecular weight excluding hydrogens is 264 g/mol. The molecule has 4 nitrogen and oxygen atoms in total. The second kappa shape index (κ2) is 6.61. The molecule has 4 heteroatoms. The van der Waals surface area contributed by atoms with Gasteiger partial charge in [-0.25, -0.2) is 0 Å². The summed E-state index contributed by atoms with van der Waals surface area (Å²) in [6.45, 7) is 1.92. The largest absolute Gasteiger partial charge is 0.497 e. The van der Waals surface area contributed by atoms with Crippen LogP contribution in [0.15, 0.2) is 48.5 Å². The van der Waals surface area contributed by atoms with Gasteiger partial charge in [0.15, 0.2) is 0 Å². The second-order valence-corrected chi connectivity index (χ2v) is 4.67. The number of rotatable bonds is 4. The Balaban J connectivity index is 2.05. The maximum absolute atomic E-state index is 11.9. The van der Waals surface area contributed by atoms with Crippen LogP contribution in [-0.2, 0) is 4.79 Å². The minimum absolute atomic E-state index is 0.189. The number of methoxy groups -OCH3 is 1. The van der Waals surface area contributed by atoms with Crippen molar-refractivity contribution in [3.63, 3.8) is 0 Å². The summed E-state index contributed by atoms with van der Waals surface area (Å²) in [5, 5.41) is 2.83. The first-order chi connectivity index (χ1) is 10.1. The molecule has 0 aliphatic carbocycles. The van der Waals surface area contributed by atoms with Gasteiger partial charge >= 0.3 is 0 Å². The molecule has 0 aliphatic rings. The highest BCUT2D eigenvalue weighted by molar-refractivity contribution is 6.02. The van der Waals surface area contributed by atoms with Crippen molar-refractivity contribution in [1.29, 1.82) is 0 Å². The third-order valence-electron chi connectivity index (χ3n) is 3.03. The van der Waals surface area contributed by atoms with Crippen molar-refractivity contribution in [2.45, 2.75) is 6.92 Å². The Hall–Kier alpha value is -2.75. The summed E-state index contributed by atoms with van der Waals surface area (Å²) in [5.41, 5.74) is 8.95. The van der Waals surface area contributed by atoms with Crippen LogP contribution in [0.2, 0.25) is 0 Å². The molecule has 21 heavy (non-hydrogen) atoms. The Morgan fingerprint density at radius 3 is 2.71 bits per heavy atom. The fourth-order valence-corrected chi connectivity index (χ4v) is 1.91. The van der Waals surface area contributed by atoms with Gasteiger partial charge in [0.1, 0.15) is 5.75 Å². The Labute approximate surface area is 124 Å². The van der Waals surface area contributed by atoms with Gasteiger partial charge in [0.25, 0.3) is 0 Å². The van der Waals surface area contributed by atoms with Crippen molar-refractivity contribution in [1.82, 2.24) is 0 Å². The average molecular weight is 282 g/mol. The lowest BCUT2D eigenvalue weighted by atomic mass is 10.1. The first-order valence-electron chi connectivity index (χ1n) is 6.58. The quantitative estimate of drug-likeness (QED) is 0.668. The van der Waals surface area contributed by atoms with Gasteiger partial charge in [-0.1, -0.05) is 12.1 Å². The molecule has 0 saturated carbocycles. The summed E-state index contributed by atoms with van der Waals surface area (Å²) in [6, 6.07) is 12.8. The van der Waals surface area contributed by atoms with E-state index in [0.717, 1.165) is 22.6 Å². The summed E-state index contributed by atoms with van der Waals surface area (Å²) in [4.78, 5) is 11.9. The van der Waals surface area contributed by atoms with Gasteiger partial charge in [-0.15, -0.1) is 0 Å². The fraction of sp³-hybridized carbons (Fsp3) is 0.118. The predicted molar refractivity (Wildman–Crippen MR) is 86.2 cm³/mol. The van der Waals surface area contributed by atoms with Crippen LogP contribution in [0.1, 0.15) is 11.1 Å². The standard InChI is InChI=1S/C17H18N2O2/c1-12-10-15(21-2)7-8-16(12)19-17(20)9-6-13-4-3-5-14(18)11-13/h3-11H,18H2,1-2H3,(H,19,20)/b9-6+. The number of amides is 1. The number of aryl methyl sites for hydroxylation is 1. The summed E-state index contributed by atoms with van der Waals surface area (Å²) in [5.74, 6) is 0.575. The van der Waals surface area contributed by atoms with Crippen molar-refractivity contribution < 1.29 is 9.53 Å². The molecule has 0 spiro atoms. The summed E-state index contributed by atoms with van der Waals surface area (Å²) >= 11 is 0. The molecule has 108 valence electrons. The van der Waals surface area contributed by atoms with Crippen molar-refractivity contribution in [3.8, 4) is 5.75 Å². The van der Waals surface area contributed by atoms with E-state index in [9.17, 15) is 4.79 Å². The smallest absolute Gasteiger partial charge is 0.248 e. The lowest BCUT2D eigenvalue weighted by Crippen LogP contribution is -2.08. The topological polar surface area (TPSA) is 64.3 Å². The molecule has 2 rings (SSSR count). The number of hydrogen-bond donors (Lipinski definition) is 2. The zero-order chi connectivity index (χ0) is 15.2. The maximum atomic E-state index is 11.9. The highest BCUT2D eigenvalue weighted by atomic mass is 16.5. The van der Waals surface area contributed by atoms with Gasteiger partial charge in [-0.3, -0.25) is 4.79 Å². The molecule has 1 amide bonds. The van der Waals surface area contributed by atoms with Crippen LogP contribution in [0.5, 0.6) is 5.75 Å². The molecule has 2 aromatic carbocycles. The van der Waals surface area contributed by atoms with Crippen molar-refractivity contribution >= 4 is 23.4 Å². The van der Waals surface area contributed by atoms with Crippen LogP contribution < -0.4 is 15.8 Å². The molecular formula is C17H18N2O2. The first-order valence-corrected chi connectivity index (χ1v) is 6.58. The van der Waals surface area contributed by atoms with Crippen LogP contribution in [0.25, 0.3) is 6.08 Å². The van der Waals surface area contributed by atoms with Crippen LogP contribution in [0.3, 0.4) is 0 Å². The molecule has 0 heterocycles. The minimum atomic E-state index is -0.189. The van der Waals surface area contributed by atoms with Crippen molar-refractivity contribution in [3.05, 3.63) is 59.7 Å². The molecule has 0 bridgehead atoms. The van der Waals surface area contributed by atoms with E-state index in [2.05, 4.69) is 5.32 Å². The molecule has 3 N–H and O–H groups in total. The normalized spacial score (nSPS) is 10.6. The van der Waals surface area contributed by atoms with E-state index < -0.39 is 0 Å². The number of nitrogens with two attached hydrogens (primary N) is 1. The number of anilines is 2. The van der Waals surface area contributed by atoms with E-state index in [1.165, 1.54) is 6.08 Å². The van der Waals surface area contributed by atoms with Gasteiger partial charge < -0.3 is 15.8 Å². The number of hydrogen-bond acceptors (Lipinski definition) is 3. The highest BCUT2D eigenvalue weighted by Gasteiger charge is 2.03. The van der Waals surface area contributed by atoms with Gasteiger partial charge in [-0.2, -0.15) is 0 Å². The third-order valence-corrected chi connectivity index (χ3v) is 3.03. The van der Waals surface area contributed by atoms with E-state index in [1.54, 1.807) is 19.3 Å². The molecule has 0 fully saturated rings. The van der Waals surface area contributed by atoms with Crippen LogP contribution >= 0.6 is 0 Å². The zero-order valence-electron chi connectivity index (χ0n) is 12.1. The van der Waals surface area contributed by atoms with Crippen molar-refractivity contribution in [2.24, 2.45) is 0 Å². The van der Waals surface area contributed by atoms with Gasteiger partial charge in [-0.05, 0) is 54.5 Å². The Morgan fingerprint density at radius 2 is 2.05 bits per heavy atom. The Bertz CT molecular complexity index is 678. The second-order valence-electron chi connectivity index (χ2n) is 4.67. The first kappa shape index (κ1) is 14.7. The lowest BCUT2D eigenvalue weighted by molar-refractivity contribution is -0.111. The summed E-state index contributed by atoms with van der Waals surface area (Å²) in [6.07, 6.45) is 3.21. The molecule has 0 atom stereocenters. The van der Waals surface area contributed by atoms with Crippen LogP contribution in [-0.4, -0.2) is 13.0 Å². The maximum Gasteiger partial charge on any atom is 0.248 e. The Kier molecular flexibility index (Phi) is 4.61. The molecule has 0 saturated heterocycles. The number of carbonyl (C=O) groups is 1. The van der Waals surface area contributed by atoms with Crippen LogP contribution in [0.4, 0.5) is 11.4 Å². The number of carbonyl (C=O) groups excluding carboxylic acids is 1. The fourth-order valence-electron chi connectivity index (χ4n) is 1.91. The van der Waals surface area contributed by atoms with E-state index >= 15 is 0 Å². The average Bonchev–Trinajstić information content (AvgIpc) is 2.47. The van der Waals surface area contributed by atoms with E-state index in [-0.39, 0.29) is 5.91 Å². The van der Waals surface area contributed by atoms with Gasteiger partial charge in [0, 0.05) is 17.5 Å². The highest BCUT2D eigenvalue weighted by Crippen LogP contribution is 2.21. The Morgan fingerprint density at radius 1 is 1.24 bits per heavy atom. The van der Waals surface area contributed by atoms with Crippen LogP contribution in [0, 0.1) is 6.92 Å². The van der Waals surface area contributed by atoms with E-state index in [4.69, 9.17) is 10.5 Å². The van der Waals surface area contributed by atoms with Gasteiger partial charge in [0.2, 0.25) is 5.91 Å². The molecule has 0 radical (unpaired) electrons. The molecule has 0 aromatic heterocycles.